The van der Waals surface area contributed by atoms with Gasteiger partial charge in [0.05, 0.1) is 17.9 Å². The minimum Gasteiger partial charge on any atom is -0.316 e. The van der Waals surface area contributed by atoms with Gasteiger partial charge in [-0.1, -0.05) is 6.42 Å². The Balaban J connectivity index is 2.26. The van der Waals surface area contributed by atoms with Crippen LogP contribution in [0.1, 0.15) is 53.0 Å². The van der Waals surface area contributed by atoms with Gasteiger partial charge in [0.1, 0.15) is 4.47 Å². The molecule has 2 atom stereocenters. The highest BCUT2D eigenvalue weighted by molar-refractivity contribution is 9.10. The standard InChI is InChI=1S/C14H23BrN4O/c1-9(2)18-14(20)13(15)12(8-16-18)17-19-10(3)6-5-7-11(19)4/h8-11,17H,5-7H2,1-4H3. The van der Waals surface area contributed by atoms with E-state index in [9.17, 15) is 4.79 Å². The molecule has 112 valence electrons. The van der Waals surface area contributed by atoms with Crippen molar-refractivity contribution in [3.05, 3.63) is 21.0 Å². The molecule has 1 fully saturated rings. The lowest BCUT2D eigenvalue weighted by Gasteiger charge is -2.39. The summed E-state index contributed by atoms with van der Waals surface area (Å²) in [5.74, 6) is 0. The van der Waals surface area contributed by atoms with Crippen molar-refractivity contribution < 1.29 is 0 Å². The lowest BCUT2D eigenvalue weighted by Crippen LogP contribution is -2.47. The summed E-state index contributed by atoms with van der Waals surface area (Å²) in [6.45, 7) is 8.31. The highest BCUT2D eigenvalue weighted by atomic mass is 79.9. The van der Waals surface area contributed by atoms with Crippen LogP contribution in [-0.4, -0.2) is 26.9 Å². The quantitative estimate of drug-likeness (QED) is 0.916. The zero-order chi connectivity index (χ0) is 14.9. The number of halogens is 1. The third kappa shape index (κ3) is 3.06. The molecule has 0 spiro atoms. The van der Waals surface area contributed by atoms with Gasteiger partial charge in [-0.2, -0.15) is 5.10 Å². The summed E-state index contributed by atoms with van der Waals surface area (Å²) in [7, 11) is 0. The molecular formula is C14H23BrN4O. The van der Waals surface area contributed by atoms with Crippen LogP contribution in [-0.2, 0) is 0 Å². The Morgan fingerprint density at radius 1 is 1.35 bits per heavy atom. The lowest BCUT2D eigenvalue weighted by atomic mass is 10.00. The Bertz CT molecular complexity index is 518. The predicted octanol–water partition coefficient (Wildman–Crippen LogP) is 3.18. The maximum absolute atomic E-state index is 12.2. The van der Waals surface area contributed by atoms with Gasteiger partial charge in [0.2, 0.25) is 0 Å². The highest BCUT2D eigenvalue weighted by Gasteiger charge is 2.25. The molecular weight excluding hydrogens is 320 g/mol. The van der Waals surface area contributed by atoms with Crippen LogP contribution in [0, 0.1) is 0 Å². The molecule has 0 bridgehead atoms. The van der Waals surface area contributed by atoms with Gasteiger partial charge in [-0.3, -0.25) is 4.79 Å². The Morgan fingerprint density at radius 2 is 1.95 bits per heavy atom. The molecule has 0 aromatic carbocycles. The van der Waals surface area contributed by atoms with Gasteiger partial charge in [0.25, 0.3) is 5.56 Å². The van der Waals surface area contributed by atoms with Gasteiger partial charge in [-0.15, -0.1) is 0 Å². The predicted molar refractivity (Wildman–Crippen MR) is 84.8 cm³/mol. The van der Waals surface area contributed by atoms with Gasteiger partial charge in [-0.05, 0) is 56.5 Å². The normalized spacial score (nSPS) is 24.1. The number of nitrogens with zero attached hydrogens (tertiary/aromatic N) is 3. The maximum Gasteiger partial charge on any atom is 0.283 e. The average Bonchev–Trinajstić information content (AvgIpc) is 2.38. The number of rotatable bonds is 3. The van der Waals surface area contributed by atoms with E-state index < -0.39 is 0 Å². The molecule has 1 N–H and O–H groups in total. The van der Waals surface area contributed by atoms with Crippen molar-refractivity contribution in [1.29, 1.82) is 0 Å². The van der Waals surface area contributed by atoms with Gasteiger partial charge >= 0.3 is 0 Å². The molecule has 0 saturated carbocycles. The first kappa shape index (κ1) is 15.5. The highest BCUT2D eigenvalue weighted by Crippen LogP contribution is 2.25. The van der Waals surface area contributed by atoms with Crippen LogP contribution in [0.15, 0.2) is 15.5 Å². The van der Waals surface area contributed by atoms with Crippen LogP contribution in [0.3, 0.4) is 0 Å². The van der Waals surface area contributed by atoms with Crippen molar-refractivity contribution >= 4 is 21.6 Å². The fourth-order valence-electron chi connectivity index (χ4n) is 2.67. The molecule has 1 aromatic rings. The van der Waals surface area contributed by atoms with Crippen molar-refractivity contribution in [2.24, 2.45) is 0 Å². The molecule has 1 aromatic heterocycles. The summed E-state index contributed by atoms with van der Waals surface area (Å²) in [4.78, 5) is 12.2. The third-order valence-electron chi connectivity index (χ3n) is 3.88. The second-order valence-electron chi connectivity index (χ2n) is 5.86. The largest absolute Gasteiger partial charge is 0.316 e. The van der Waals surface area contributed by atoms with E-state index in [1.54, 1.807) is 6.20 Å². The van der Waals surface area contributed by atoms with E-state index in [-0.39, 0.29) is 11.6 Å². The van der Waals surface area contributed by atoms with Crippen molar-refractivity contribution in [3.8, 4) is 0 Å². The fourth-order valence-corrected chi connectivity index (χ4v) is 3.04. The van der Waals surface area contributed by atoms with Crippen molar-refractivity contribution in [3.63, 3.8) is 0 Å². The molecule has 1 saturated heterocycles. The van der Waals surface area contributed by atoms with E-state index in [1.807, 2.05) is 13.8 Å². The first-order valence-corrected chi connectivity index (χ1v) is 8.03. The molecule has 6 heteroatoms. The first-order valence-electron chi connectivity index (χ1n) is 7.24. The minimum absolute atomic E-state index is 0.0562. The summed E-state index contributed by atoms with van der Waals surface area (Å²) < 4.78 is 2.03. The van der Waals surface area contributed by atoms with Crippen LogP contribution in [0.2, 0.25) is 0 Å². The van der Waals surface area contributed by atoms with E-state index in [0.29, 0.717) is 16.6 Å². The Kier molecular flexibility index (Phi) is 4.86. The zero-order valence-corrected chi connectivity index (χ0v) is 14.1. The van der Waals surface area contributed by atoms with Crippen LogP contribution >= 0.6 is 15.9 Å². The molecule has 0 aliphatic carbocycles. The summed E-state index contributed by atoms with van der Waals surface area (Å²) in [6.07, 6.45) is 5.32. The van der Waals surface area contributed by atoms with Crippen molar-refractivity contribution in [1.82, 2.24) is 14.8 Å². The van der Waals surface area contributed by atoms with Gasteiger partial charge in [0.15, 0.2) is 0 Å². The summed E-state index contributed by atoms with van der Waals surface area (Å²) >= 11 is 3.40. The first-order chi connectivity index (χ1) is 9.41. The zero-order valence-electron chi connectivity index (χ0n) is 12.6. The van der Waals surface area contributed by atoms with E-state index in [0.717, 1.165) is 5.69 Å². The second kappa shape index (κ2) is 6.26. The van der Waals surface area contributed by atoms with Gasteiger partial charge in [-0.25, -0.2) is 9.69 Å². The van der Waals surface area contributed by atoms with Crippen LogP contribution in [0.25, 0.3) is 0 Å². The molecule has 2 unspecified atom stereocenters. The van der Waals surface area contributed by atoms with E-state index in [1.165, 1.54) is 23.9 Å². The lowest BCUT2D eigenvalue weighted by molar-refractivity contribution is 0.135. The summed E-state index contributed by atoms with van der Waals surface area (Å²) in [5, 5.41) is 6.47. The molecule has 20 heavy (non-hydrogen) atoms. The molecule has 5 nitrogen and oxygen atoms in total. The van der Waals surface area contributed by atoms with Gasteiger partial charge in [0, 0.05) is 12.1 Å². The van der Waals surface area contributed by atoms with Crippen molar-refractivity contribution in [2.45, 2.75) is 65.1 Å². The van der Waals surface area contributed by atoms with Crippen LogP contribution in [0.5, 0.6) is 0 Å². The molecule has 2 rings (SSSR count). The van der Waals surface area contributed by atoms with Crippen LogP contribution in [0.4, 0.5) is 5.69 Å². The number of nitrogens with one attached hydrogen (secondary N) is 1. The fraction of sp³-hybridized carbons (Fsp3) is 0.714. The number of piperidine rings is 1. The Labute approximate surface area is 128 Å². The Morgan fingerprint density at radius 3 is 2.50 bits per heavy atom. The molecule has 1 aliphatic rings. The minimum atomic E-state index is -0.0951. The SMILES string of the molecule is CC1CCCC(C)N1Nc1cnn(C(C)C)c(=O)c1Br. The van der Waals surface area contributed by atoms with E-state index >= 15 is 0 Å². The van der Waals surface area contributed by atoms with E-state index in [4.69, 9.17) is 0 Å². The smallest absolute Gasteiger partial charge is 0.283 e. The van der Waals surface area contributed by atoms with Gasteiger partial charge < -0.3 is 5.43 Å². The molecule has 0 radical (unpaired) electrons. The third-order valence-corrected chi connectivity index (χ3v) is 4.64. The number of hydrogen-bond acceptors (Lipinski definition) is 4. The second-order valence-corrected chi connectivity index (χ2v) is 6.66. The summed E-state index contributed by atoms with van der Waals surface area (Å²) in [5.41, 5.74) is 4.01. The van der Waals surface area contributed by atoms with Crippen molar-refractivity contribution in [2.75, 3.05) is 5.43 Å². The number of hydrazine groups is 1. The molecule has 1 aliphatic heterocycles. The topological polar surface area (TPSA) is 50.2 Å². The number of aromatic nitrogens is 2. The molecule has 2 heterocycles. The van der Waals surface area contributed by atoms with Crippen LogP contribution < -0.4 is 11.0 Å². The number of anilines is 1. The maximum atomic E-state index is 12.2. The Hall–Kier alpha value is -0.880. The number of hydrogen-bond donors (Lipinski definition) is 1. The average molecular weight is 343 g/mol. The van der Waals surface area contributed by atoms with E-state index in [2.05, 4.69) is 45.3 Å². The monoisotopic (exact) mass is 342 g/mol. The summed E-state index contributed by atoms with van der Waals surface area (Å²) in [6, 6.07) is 0.969. The molecule has 0 amide bonds.